The second-order valence-electron chi connectivity index (χ2n) is 17.1. The number of carbonyl (C=O) groups is 1. The van der Waals surface area contributed by atoms with Crippen LogP contribution in [-0.4, -0.2) is 75.6 Å². The molecular formula is C46H93NO7P+. The molecule has 0 heterocycles. The number of carbonyl (C=O) groups excluding carboxylic acids is 1. The van der Waals surface area contributed by atoms with E-state index in [9.17, 15) is 14.3 Å². The van der Waals surface area contributed by atoms with Gasteiger partial charge in [0.15, 0.2) is 0 Å². The molecule has 0 amide bonds. The predicted octanol–water partition coefficient (Wildman–Crippen LogP) is 13.8. The smallest absolute Gasteiger partial charge is 0.457 e. The maximum Gasteiger partial charge on any atom is 0.472 e. The Labute approximate surface area is 341 Å². The lowest BCUT2D eigenvalue weighted by Crippen LogP contribution is -2.37. The average molecular weight is 803 g/mol. The van der Waals surface area contributed by atoms with Crippen molar-refractivity contribution in [1.82, 2.24) is 0 Å². The summed E-state index contributed by atoms with van der Waals surface area (Å²) in [6.45, 7) is 5.59. The Hall–Kier alpha value is -0.760. The van der Waals surface area contributed by atoms with Gasteiger partial charge in [-0.25, -0.2) is 4.57 Å². The SMILES string of the molecule is CCC/C=C\CCCCCCCC(=O)OC(COCCCCCCCCCCCCCCCCCCCCCCCCC)COP(=O)(O)OCC[N+](C)(C)C. The van der Waals surface area contributed by atoms with Crippen LogP contribution in [0.2, 0.25) is 0 Å². The first-order valence-electron chi connectivity index (χ1n) is 23.4. The summed E-state index contributed by atoms with van der Waals surface area (Å²) in [7, 11) is 1.67. The molecule has 55 heavy (non-hydrogen) atoms. The molecule has 1 N–H and O–H groups in total. The van der Waals surface area contributed by atoms with Gasteiger partial charge in [0.2, 0.25) is 0 Å². The molecule has 0 aromatic heterocycles. The van der Waals surface area contributed by atoms with E-state index in [1.54, 1.807) is 0 Å². The molecule has 0 bridgehead atoms. The van der Waals surface area contributed by atoms with E-state index in [2.05, 4.69) is 26.0 Å². The Kier molecular flexibility index (Phi) is 39.5. The zero-order valence-electron chi connectivity index (χ0n) is 37.2. The van der Waals surface area contributed by atoms with Crippen molar-refractivity contribution in [3.63, 3.8) is 0 Å². The third-order valence-electron chi connectivity index (χ3n) is 10.3. The highest BCUT2D eigenvalue weighted by atomic mass is 31.2. The van der Waals surface area contributed by atoms with Crippen LogP contribution in [-0.2, 0) is 27.9 Å². The number of quaternary nitrogens is 1. The summed E-state index contributed by atoms with van der Waals surface area (Å²) >= 11 is 0. The lowest BCUT2D eigenvalue weighted by atomic mass is 10.0. The largest absolute Gasteiger partial charge is 0.472 e. The molecule has 0 aliphatic heterocycles. The molecule has 0 spiro atoms. The molecule has 0 aliphatic carbocycles. The second-order valence-corrected chi connectivity index (χ2v) is 18.6. The van der Waals surface area contributed by atoms with Gasteiger partial charge in [0.1, 0.15) is 19.3 Å². The fraction of sp³-hybridized carbons (Fsp3) is 0.935. The summed E-state index contributed by atoms with van der Waals surface area (Å²) in [5, 5.41) is 0. The van der Waals surface area contributed by atoms with E-state index in [0.29, 0.717) is 24.1 Å². The minimum atomic E-state index is -4.27. The number of esters is 1. The maximum atomic E-state index is 12.6. The zero-order valence-corrected chi connectivity index (χ0v) is 38.1. The van der Waals surface area contributed by atoms with Crippen molar-refractivity contribution in [3.8, 4) is 0 Å². The van der Waals surface area contributed by atoms with Crippen LogP contribution < -0.4 is 0 Å². The van der Waals surface area contributed by atoms with Gasteiger partial charge in [0.05, 0.1) is 34.4 Å². The molecule has 0 saturated heterocycles. The summed E-state index contributed by atoms with van der Waals surface area (Å²) < 4.78 is 35.0. The van der Waals surface area contributed by atoms with Crippen molar-refractivity contribution in [3.05, 3.63) is 12.2 Å². The molecule has 0 aliphatic rings. The Morgan fingerprint density at radius 3 is 1.45 bits per heavy atom. The number of phosphoric acid groups is 1. The van der Waals surface area contributed by atoms with Crippen LogP contribution in [0.3, 0.4) is 0 Å². The quantitative estimate of drug-likeness (QED) is 0.0216. The van der Waals surface area contributed by atoms with Crippen molar-refractivity contribution in [1.29, 1.82) is 0 Å². The fourth-order valence-corrected chi connectivity index (χ4v) is 7.42. The highest BCUT2D eigenvalue weighted by molar-refractivity contribution is 7.47. The number of ether oxygens (including phenoxy) is 2. The van der Waals surface area contributed by atoms with Gasteiger partial charge in [-0.3, -0.25) is 13.8 Å². The standard InChI is InChI=1S/C46H92NO7P/c1-6-8-10-12-14-16-18-19-20-21-22-23-24-25-26-27-28-29-30-32-34-36-38-41-51-43-45(44-53-55(49,50)52-42-40-47(3,4)5)54-46(48)39-37-35-33-31-17-15-13-11-9-7-2/h11,13,45H,6-10,12,14-44H2,1-5H3/p+1/b13-11-. The number of likely N-dealkylation sites (N-methyl/N-ethyl adjacent to an activating group) is 1. The van der Waals surface area contributed by atoms with Crippen LogP contribution in [0, 0.1) is 0 Å². The third kappa shape index (κ3) is 44.2. The Bertz CT molecular complexity index is 894. The van der Waals surface area contributed by atoms with Crippen LogP contribution >= 0.6 is 7.82 Å². The Morgan fingerprint density at radius 2 is 0.982 bits per heavy atom. The average Bonchev–Trinajstić information content (AvgIpc) is 3.13. The molecule has 2 unspecified atom stereocenters. The molecule has 0 fully saturated rings. The molecular weight excluding hydrogens is 709 g/mol. The summed E-state index contributed by atoms with van der Waals surface area (Å²) in [6, 6.07) is 0. The zero-order chi connectivity index (χ0) is 40.6. The molecule has 0 radical (unpaired) electrons. The van der Waals surface area contributed by atoms with Gasteiger partial charge in [-0.2, -0.15) is 0 Å². The number of phosphoric ester groups is 1. The van der Waals surface area contributed by atoms with Crippen molar-refractivity contribution >= 4 is 13.8 Å². The minimum absolute atomic E-state index is 0.0901. The fourth-order valence-electron chi connectivity index (χ4n) is 6.67. The van der Waals surface area contributed by atoms with E-state index in [-0.39, 0.29) is 25.8 Å². The van der Waals surface area contributed by atoms with E-state index in [4.69, 9.17) is 18.5 Å². The lowest BCUT2D eigenvalue weighted by Gasteiger charge is -2.24. The number of hydrogen-bond donors (Lipinski definition) is 1. The molecule has 8 nitrogen and oxygen atoms in total. The highest BCUT2D eigenvalue weighted by Gasteiger charge is 2.26. The van der Waals surface area contributed by atoms with Crippen molar-refractivity contribution in [2.75, 3.05) is 54.1 Å². The van der Waals surface area contributed by atoms with Gasteiger partial charge in [0, 0.05) is 13.0 Å². The number of allylic oxidation sites excluding steroid dienone is 2. The Morgan fingerprint density at radius 1 is 0.545 bits per heavy atom. The molecule has 0 aromatic rings. The Balaban J connectivity index is 4.01. The van der Waals surface area contributed by atoms with Crippen LogP contribution in [0.1, 0.15) is 219 Å². The van der Waals surface area contributed by atoms with E-state index in [0.717, 1.165) is 51.4 Å². The maximum absolute atomic E-state index is 12.6. The van der Waals surface area contributed by atoms with E-state index < -0.39 is 13.9 Å². The van der Waals surface area contributed by atoms with E-state index in [1.807, 2.05) is 21.1 Å². The van der Waals surface area contributed by atoms with Gasteiger partial charge in [0.25, 0.3) is 0 Å². The predicted molar refractivity (Wildman–Crippen MR) is 234 cm³/mol. The molecule has 2 atom stereocenters. The summed E-state index contributed by atoms with van der Waals surface area (Å²) in [6.07, 6.45) is 44.1. The second kappa shape index (κ2) is 40.0. The van der Waals surface area contributed by atoms with Gasteiger partial charge in [-0.1, -0.05) is 193 Å². The summed E-state index contributed by atoms with van der Waals surface area (Å²) in [4.78, 5) is 22.8. The summed E-state index contributed by atoms with van der Waals surface area (Å²) in [5.74, 6) is -0.321. The first kappa shape index (κ1) is 54.2. The normalized spacial score (nSPS) is 13.8. The van der Waals surface area contributed by atoms with Crippen LogP contribution in [0.25, 0.3) is 0 Å². The molecule has 9 heteroatoms. The molecule has 0 aromatic carbocycles. The van der Waals surface area contributed by atoms with Gasteiger partial charge >= 0.3 is 13.8 Å². The number of hydrogen-bond acceptors (Lipinski definition) is 6. The van der Waals surface area contributed by atoms with Gasteiger partial charge in [-0.05, 0) is 32.1 Å². The highest BCUT2D eigenvalue weighted by Crippen LogP contribution is 2.43. The van der Waals surface area contributed by atoms with E-state index >= 15 is 0 Å². The van der Waals surface area contributed by atoms with Crippen molar-refractivity contribution < 1.29 is 37.3 Å². The summed E-state index contributed by atoms with van der Waals surface area (Å²) in [5.41, 5.74) is 0. The molecule has 0 rings (SSSR count). The number of unbranched alkanes of at least 4 members (excludes halogenated alkanes) is 28. The number of nitrogens with zero attached hydrogens (tertiary/aromatic N) is 1. The van der Waals surface area contributed by atoms with Gasteiger partial charge < -0.3 is 18.9 Å². The lowest BCUT2D eigenvalue weighted by molar-refractivity contribution is -0.870. The van der Waals surface area contributed by atoms with Gasteiger partial charge in [-0.15, -0.1) is 0 Å². The third-order valence-corrected chi connectivity index (χ3v) is 11.3. The van der Waals surface area contributed by atoms with Crippen LogP contribution in [0.4, 0.5) is 0 Å². The van der Waals surface area contributed by atoms with Crippen LogP contribution in [0.5, 0.6) is 0 Å². The van der Waals surface area contributed by atoms with E-state index in [1.165, 1.54) is 148 Å². The first-order valence-corrected chi connectivity index (χ1v) is 24.9. The van der Waals surface area contributed by atoms with Crippen molar-refractivity contribution in [2.24, 2.45) is 0 Å². The van der Waals surface area contributed by atoms with Crippen LogP contribution in [0.15, 0.2) is 12.2 Å². The topological polar surface area (TPSA) is 91.3 Å². The monoisotopic (exact) mass is 803 g/mol. The number of rotatable bonds is 44. The minimum Gasteiger partial charge on any atom is -0.457 e. The molecule has 0 saturated carbocycles. The molecule has 328 valence electrons. The first-order chi connectivity index (χ1) is 26.6. The van der Waals surface area contributed by atoms with Crippen molar-refractivity contribution in [2.45, 2.75) is 225 Å².